The predicted molar refractivity (Wildman–Crippen MR) is 98.9 cm³/mol. The second kappa shape index (κ2) is 8.61. The van der Waals surface area contributed by atoms with Crippen molar-refractivity contribution < 1.29 is 18.0 Å². The zero-order valence-corrected chi connectivity index (χ0v) is 15.8. The molecule has 1 fully saturated rings. The number of sulfonamides is 1. The molecule has 1 aromatic carbocycles. The van der Waals surface area contributed by atoms with Crippen LogP contribution in [-0.4, -0.2) is 39.4 Å². The number of benzene rings is 1. The standard InChI is InChI=1S/C17H26N4O4S/c1-11(20-16(22)9-12-5-3-8-15(12)18)17(23)21-13-6-4-7-14(10-13)26(24,25)19-2/h4,6-7,10-12,15,19H,3,5,8-9,18H2,1-2H3,(H,20,22)(H,21,23)/t11?,12-,15+/m0/s1. The summed E-state index contributed by atoms with van der Waals surface area (Å²) in [6.07, 6.45) is 3.21. The topological polar surface area (TPSA) is 130 Å². The Morgan fingerprint density at radius 1 is 1.31 bits per heavy atom. The van der Waals surface area contributed by atoms with E-state index in [9.17, 15) is 18.0 Å². The average molecular weight is 382 g/mol. The van der Waals surface area contributed by atoms with Crippen LogP contribution in [-0.2, 0) is 19.6 Å². The second-order valence-corrected chi connectivity index (χ2v) is 8.46. The van der Waals surface area contributed by atoms with E-state index < -0.39 is 22.0 Å². The molecule has 1 unspecified atom stereocenters. The lowest BCUT2D eigenvalue weighted by Crippen LogP contribution is -2.43. The lowest BCUT2D eigenvalue weighted by Gasteiger charge is -2.18. The van der Waals surface area contributed by atoms with Crippen molar-refractivity contribution >= 4 is 27.5 Å². The summed E-state index contributed by atoms with van der Waals surface area (Å²) < 4.78 is 25.9. The number of nitrogens with two attached hydrogens (primary N) is 1. The van der Waals surface area contributed by atoms with Gasteiger partial charge in [0.2, 0.25) is 21.8 Å². The van der Waals surface area contributed by atoms with Crippen molar-refractivity contribution in [2.75, 3.05) is 12.4 Å². The van der Waals surface area contributed by atoms with Crippen LogP contribution >= 0.6 is 0 Å². The number of carbonyl (C=O) groups is 2. The second-order valence-electron chi connectivity index (χ2n) is 6.57. The average Bonchev–Trinajstić information content (AvgIpc) is 2.99. The molecule has 1 aromatic rings. The van der Waals surface area contributed by atoms with Gasteiger partial charge in [0.15, 0.2) is 0 Å². The molecule has 0 bridgehead atoms. The third-order valence-electron chi connectivity index (χ3n) is 4.62. The number of amides is 2. The minimum absolute atomic E-state index is 0.0433. The summed E-state index contributed by atoms with van der Waals surface area (Å²) in [7, 11) is -2.28. The molecule has 1 aliphatic carbocycles. The largest absolute Gasteiger partial charge is 0.345 e. The highest BCUT2D eigenvalue weighted by atomic mass is 32.2. The van der Waals surface area contributed by atoms with Crippen LogP contribution in [0.2, 0.25) is 0 Å². The van der Waals surface area contributed by atoms with Gasteiger partial charge in [0.1, 0.15) is 6.04 Å². The summed E-state index contributed by atoms with van der Waals surface area (Å²) in [6.45, 7) is 1.58. The van der Waals surface area contributed by atoms with E-state index in [1.165, 1.54) is 25.2 Å². The molecule has 9 heteroatoms. The van der Waals surface area contributed by atoms with Crippen LogP contribution < -0.4 is 21.1 Å². The first-order valence-electron chi connectivity index (χ1n) is 8.62. The van der Waals surface area contributed by atoms with Crippen LogP contribution in [0.4, 0.5) is 5.69 Å². The normalized spacial score (nSPS) is 21.2. The molecular weight excluding hydrogens is 356 g/mol. The van der Waals surface area contributed by atoms with Crippen LogP contribution in [0.5, 0.6) is 0 Å². The maximum atomic E-state index is 12.3. The van der Waals surface area contributed by atoms with Gasteiger partial charge in [-0.15, -0.1) is 0 Å². The highest BCUT2D eigenvalue weighted by molar-refractivity contribution is 7.89. The van der Waals surface area contributed by atoms with Gasteiger partial charge in [-0.05, 0) is 50.9 Å². The monoisotopic (exact) mass is 382 g/mol. The van der Waals surface area contributed by atoms with Gasteiger partial charge in [-0.2, -0.15) is 0 Å². The molecule has 8 nitrogen and oxygen atoms in total. The minimum Gasteiger partial charge on any atom is -0.345 e. The van der Waals surface area contributed by atoms with Gasteiger partial charge in [-0.3, -0.25) is 9.59 Å². The molecular formula is C17H26N4O4S. The number of anilines is 1. The number of carbonyl (C=O) groups excluding carboxylic acids is 2. The molecule has 5 N–H and O–H groups in total. The molecule has 144 valence electrons. The molecule has 3 atom stereocenters. The first kappa shape index (κ1) is 20.3. The zero-order chi connectivity index (χ0) is 19.3. The van der Waals surface area contributed by atoms with Crippen LogP contribution in [0.3, 0.4) is 0 Å². The van der Waals surface area contributed by atoms with Crippen molar-refractivity contribution in [3.8, 4) is 0 Å². The van der Waals surface area contributed by atoms with E-state index in [2.05, 4.69) is 15.4 Å². The molecule has 0 radical (unpaired) electrons. The molecule has 2 amide bonds. The smallest absolute Gasteiger partial charge is 0.246 e. The molecule has 1 saturated carbocycles. The quantitative estimate of drug-likeness (QED) is 0.547. The maximum Gasteiger partial charge on any atom is 0.246 e. The van der Waals surface area contributed by atoms with E-state index in [0.717, 1.165) is 19.3 Å². The Labute approximate surface area is 154 Å². The van der Waals surface area contributed by atoms with E-state index in [0.29, 0.717) is 12.1 Å². The van der Waals surface area contributed by atoms with Crippen molar-refractivity contribution in [1.29, 1.82) is 0 Å². The van der Waals surface area contributed by atoms with Gasteiger partial charge in [0.05, 0.1) is 4.90 Å². The minimum atomic E-state index is -3.60. The Kier molecular flexibility index (Phi) is 6.74. The van der Waals surface area contributed by atoms with Crippen molar-refractivity contribution in [1.82, 2.24) is 10.0 Å². The van der Waals surface area contributed by atoms with Gasteiger partial charge in [0, 0.05) is 18.2 Å². The fourth-order valence-corrected chi connectivity index (χ4v) is 3.81. The molecule has 2 rings (SSSR count). The van der Waals surface area contributed by atoms with E-state index in [4.69, 9.17) is 5.73 Å². The highest BCUT2D eigenvalue weighted by Gasteiger charge is 2.27. The Hall–Kier alpha value is -1.97. The summed E-state index contributed by atoms with van der Waals surface area (Å²) >= 11 is 0. The fourth-order valence-electron chi connectivity index (χ4n) is 3.03. The Morgan fingerprint density at radius 2 is 2.04 bits per heavy atom. The molecule has 0 aromatic heterocycles. The van der Waals surface area contributed by atoms with Crippen molar-refractivity contribution in [3.05, 3.63) is 24.3 Å². The van der Waals surface area contributed by atoms with Crippen LogP contribution in [0.1, 0.15) is 32.6 Å². The molecule has 0 saturated heterocycles. The van der Waals surface area contributed by atoms with E-state index >= 15 is 0 Å². The van der Waals surface area contributed by atoms with Gasteiger partial charge >= 0.3 is 0 Å². The van der Waals surface area contributed by atoms with Crippen molar-refractivity contribution in [2.24, 2.45) is 11.7 Å². The lowest BCUT2D eigenvalue weighted by atomic mass is 10.00. The number of rotatable bonds is 7. The van der Waals surface area contributed by atoms with Crippen molar-refractivity contribution in [2.45, 2.75) is 49.6 Å². The lowest BCUT2D eigenvalue weighted by molar-refractivity contribution is -0.126. The van der Waals surface area contributed by atoms with Crippen LogP contribution in [0, 0.1) is 5.92 Å². The van der Waals surface area contributed by atoms with Gasteiger partial charge < -0.3 is 16.4 Å². The first-order chi connectivity index (χ1) is 12.2. The van der Waals surface area contributed by atoms with E-state index in [-0.39, 0.29) is 22.8 Å². The summed E-state index contributed by atoms with van der Waals surface area (Å²) in [6, 6.07) is 5.20. The number of hydrogen-bond acceptors (Lipinski definition) is 5. The van der Waals surface area contributed by atoms with Crippen LogP contribution in [0.15, 0.2) is 29.2 Å². The molecule has 0 aliphatic heterocycles. The van der Waals surface area contributed by atoms with Crippen LogP contribution in [0.25, 0.3) is 0 Å². The molecule has 1 aliphatic rings. The summed E-state index contributed by atoms with van der Waals surface area (Å²) in [5, 5.41) is 5.28. The van der Waals surface area contributed by atoms with Gasteiger partial charge in [0.25, 0.3) is 0 Å². The fraction of sp³-hybridized carbons (Fsp3) is 0.529. The van der Waals surface area contributed by atoms with Crippen molar-refractivity contribution in [3.63, 3.8) is 0 Å². The van der Waals surface area contributed by atoms with Gasteiger partial charge in [-0.1, -0.05) is 12.5 Å². The highest BCUT2D eigenvalue weighted by Crippen LogP contribution is 2.26. The Balaban J connectivity index is 1.92. The Bertz CT molecular complexity index is 766. The predicted octanol–water partition coefficient (Wildman–Crippen LogP) is 0.555. The van der Waals surface area contributed by atoms with E-state index in [1.807, 2.05) is 0 Å². The zero-order valence-electron chi connectivity index (χ0n) is 15.0. The third kappa shape index (κ3) is 5.26. The maximum absolute atomic E-state index is 12.3. The molecule has 0 spiro atoms. The molecule has 0 heterocycles. The number of hydrogen-bond donors (Lipinski definition) is 4. The van der Waals surface area contributed by atoms with Gasteiger partial charge in [-0.25, -0.2) is 13.1 Å². The Morgan fingerprint density at radius 3 is 2.65 bits per heavy atom. The molecule has 26 heavy (non-hydrogen) atoms. The summed E-state index contributed by atoms with van der Waals surface area (Å²) in [5.41, 5.74) is 6.31. The SMILES string of the molecule is CNS(=O)(=O)c1cccc(NC(=O)C(C)NC(=O)C[C@@H]2CCC[C@H]2N)c1. The summed E-state index contributed by atoms with van der Waals surface area (Å²) in [5.74, 6) is -0.469. The van der Waals surface area contributed by atoms with E-state index in [1.54, 1.807) is 13.0 Å². The number of nitrogens with one attached hydrogen (secondary N) is 3. The first-order valence-corrected chi connectivity index (χ1v) is 10.1. The summed E-state index contributed by atoms with van der Waals surface area (Å²) in [4.78, 5) is 24.4. The third-order valence-corrected chi connectivity index (χ3v) is 6.03.